The minimum atomic E-state index is -0.279. The normalized spacial score (nSPS) is 20.6. The van der Waals surface area contributed by atoms with E-state index in [0.717, 1.165) is 11.1 Å². The summed E-state index contributed by atoms with van der Waals surface area (Å²) in [5.74, 6) is 1.93. The molecule has 0 saturated carbocycles. The molecule has 0 radical (unpaired) electrons. The van der Waals surface area contributed by atoms with Crippen LogP contribution in [-0.2, 0) is 0 Å². The van der Waals surface area contributed by atoms with E-state index in [0.29, 0.717) is 23.9 Å². The molecule has 0 spiro atoms. The summed E-state index contributed by atoms with van der Waals surface area (Å²) in [5, 5.41) is 19.7. The number of phenols is 2. The number of aromatic hydroxyl groups is 2. The van der Waals surface area contributed by atoms with Crippen LogP contribution < -0.4 is 18.9 Å². The first-order valence-electron chi connectivity index (χ1n) is 7.24. The topological polar surface area (TPSA) is 77.4 Å². The van der Waals surface area contributed by atoms with Gasteiger partial charge in [0.05, 0.1) is 32.3 Å². The van der Waals surface area contributed by atoms with Gasteiger partial charge in [0.25, 0.3) is 0 Å². The predicted octanol–water partition coefficient (Wildman–Crippen LogP) is 2.72. The zero-order chi connectivity index (χ0) is 16.1. The number of methoxy groups -OCH3 is 2. The Kier molecular flexibility index (Phi) is 2.94. The lowest BCUT2D eigenvalue weighted by Gasteiger charge is -2.28. The summed E-state index contributed by atoms with van der Waals surface area (Å²) in [4.78, 5) is 0. The molecule has 0 saturated heterocycles. The molecular formula is C17H16O6. The van der Waals surface area contributed by atoms with Crippen molar-refractivity contribution in [3.05, 3.63) is 35.4 Å². The van der Waals surface area contributed by atoms with E-state index in [2.05, 4.69) is 0 Å². The van der Waals surface area contributed by atoms with Gasteiger partial charge in [0.2, 0.25) is 5.75 Å². The number of hydrogen-bond acceptors (Lipinski definition) is 6. The predicted molar refractivity (Wildman–Crippen MR) is 80.9 cm³/mol. The third-order valence-electron chi connectivity index (χ3n) is 4.34. The highest BCUT2D eigenvalue weighted by atomic mass is 16.5. The molecule has 2 N–H and O–H groups in total. The van der Waals surface area contributed by atoms with Gasteiger partial charge >= 0.3 is 0 Å². The van der Waals surface area contributed by atoms with Crippen LogP contribution in [0.4, 0.5) is 0 Å². The first-order chi connectivity index (χ1) is 11.1. The summed E-state index contributed by atoms with van der Waals surface area (Å²) in [6, 6.07) is 6.48. The standard InChI is InChI=1S/C17H16O6/c1-20-13-6-11(19)16(21-2)17-14(13)10-7-22-12-5-8(18)3-4-9(12)15(10)23-17/h3-6,10,15,18-19H,7H2,1-2H3/t10-,15-/m0/s1. The van der Waals surface area contributed by atoms with Crippen LogP contribution in [0.25, 0.3) is 0 Å². The van der Waals surface area contributed by atoms with Gasteiger partial charge in [-0.05, 0) is 12.1 Å². The van der Waals surface area contributed by atoms with Gasteiger partial charge in [-0.25, -0.2) is 0 Å². The molecule has 6 heteroatoms. The lowest BCUT2D eigenvalue weighted by Crippen LogP contribution is -2.23. The molecule has 0 aromatic heterocycles. The van der Waals surface area contributed by atoms with E-state index in [9.17, 15) is 10.2 Å². The maximum absolute atomic E-state index is 10.1. The fraction of sp³-hybridized carbons (Fsp3) is 0.294. The van der Waals surface area contributed by atoms with E-state index in [1.54, 1.807) is 25.3 Å². The summed E-state index contributed by atoms with van der Waals surface area (Å²) >= 11 is 0. The molecule has 6 nitrogen and oxygen atoms in total. The smallest absolute Gasteiger partial charge is 0.203 e. The van der Waals surface area contributed by atoms with Crippen LogP contribution in [0.2, 0.25) is 0 Å². The van der Waals surface area contributed by atoms with Crippen molar-refractivity contribution in [2.45, 2.75) is 12.0 Å². The van der Waals surface area contributed by atoms with Crippen LogP contribution in [0.5, 0.6) is 34.5 Å². The van der Waals surface area contributed by atoms with Gasteiger partial charge < -0.3 is 29.2 Å². The van der Waals surface area contributed by atoms with Gasteiger partial charge in [-0.3, -0.25) is 0 Å². The molecule has 2 aliphatic rings. The zero-order valence-electron chi connectivity index (χ0n) is 12.7. The number of fused-ring (bicyclic) bond motifs is 5. The molecule has 0 unspecified atom stereocenters. The highest BCUT2D eigenvalue weighted by Crippen LogP contribution is 2.59. The van der Waals surface area contributed by atoms with Crippen LogP contribution in [0, 0.1) is 0 Å². The molecule has 4 rings (SSSR count). The van der Waals surface area contributed by atoms with Crippen molar-refractivity contribution in [2.24, 2.45) is 0 Å². The highest BCUT2D eigenvalue weighted by molar-refractivity contribution is 5.65. The van der Waals surface area contributed by atoms with Crippen molar-refractivity contribution < 1.29 is 29.2 Å². The minimum Gasteiger partial charge on any atom is -0.508 e. The summed E-state index contributed by atoms with van der Waals surface area (Å²) < 4.78 is 22.6. The van der Waals surface area contributed by atoms with Crippen molar-refractivity contribution >= 4 is 0 Å². The Labute approximate surface area is 132 Å². The van der Waals surface area contributed by atoms with Crippen molar-refractivity contribution in [3.63, 3.8) is 0 Å². The van der Waals surface area contributed by atoms with E-state index in [1.807, 2.05) is 0 Å². The van der Waals surface area contributed by atoms with Crippen molar-refractivity contribution in [2.75, 3.05) is 20.8 Å². The molecule has 2 aromatic rings. The third-order valence-corrected chi connectivity index (χ3v) is 4.34. The Hall–Kier alpha value is -2.76. The average molecular weight is 316 g/mol. The second-order valence-corrected chi connectivity index (χ2v) is 5.55. The van der Waals surface area contributed by atoms with Gasteiger partial charge in [0, 0.05) is 17.7 Å². The van der Waals surface area contributed by atoms with Gasteiger partial charge in [-0.15, -0.1) is 0 Å². The summed E-state index contributed by atoms with van der Waals surface area (Å²) in [7, 11) is 3.03. The van der Waals surface area contributed by atoms with E-state index >= 15 is 0 Å². The molecule has 120 valence electrons. The maximum Gasteiger partial charge on any atom is 0.203 e. The van der Waals surface area contributed by atoms with Crippen LogP contribution in [0.3, 0.4) is 0 Å². The largest absolute Gasteiger partial charge is 0.508 e. The summed E-state index contributed by atoms with van der Waals surface area (Å²) in [5.41, 5.74) is 1.67. The Morgan fingerprint density at radius 3 is 2.70 bits per heavy atom. The van der Waals surface area contributed by atoms with Crippen molar-refractivity contribution in [3.8, 4) is 34.5 Å². The average Bonchev–Trinajstić information content (AvgIpc) is 2.93. The number of ether oxygens (including phenoxy) is 4. The SMILES string of the molecule is COc1cc(O)c(OC)c2c1[C@@H]1COc3cc(O)ccc3[C@@H]1O2. The van der Waals surface area contributed by atoms with Crippen molar-refractivity contribution in [1.29, 1.82) is 0 Å². The Morgan fingerprint density at radius 1 is 1.13 bits per heavy atom. The Morgan fingerprint density at radius 2 is 1.96 bits per heavy atom. The lowest BCUT2D eigenvalue weighted by molar-refractivity contribution is 0.136. The number of benzene rings is 2. The summed E-state index contributed by atoms with van der Waals surface area (Å²) in [6.45, 7) is 0.387. The molecule has 0 bridgehead atoms. The van der Waals surface area contributed by atoms with Crippen LogP contribution >= 0.6 is 0 Å². The van der Waals surface area contributed by atoms with Crippen molar-refractivity contribution in [1.82, 2.24) is 0 Å². The molecule has 0 fully saturated rings. The molecule has 2 atom stereocenters. The summed E-state index contributed by atoms with van der Waals surface area (Å²) in [6.07, 6.45) is -0.279. The van der Waals surface area contributed by atoms with E-state index in [4.69, 9.17) is 18.9 Å². The fourth-order valence-corrected chi connectivity index (χ4v) is 3.33. The van der Waals surface area contributed by atoms with E-state index in [1.165, 1.54) is 13.2 Å². The monoisotopic (exact) mass is 316 g/mol. The second kappa shape index (κ2) is 4.87. The molecule has 2 heterocycles. The van der Waals surface area contributed by atoms with Gasteiger partial charge in [-0.2, -0.15) is 0 Å². The Bertz CT molecular complexity index is 785. The highest BCUT2D eigenvalue weighted by Gasteiger charge is 2.45. The molecule has 23 heavy (non-hydrogen) atoms. The maximum atomic E-state index is 10.1. The zero-order valence-corrected chi connectivity index (χ0v) is 12.7. The number of rotatable bonds is 2. The molecule has 2 aromatic carbocycles. The van der Waals surface area contributed by atoms with Gasteiger partial charge in [-0.1, -0.05) is 0 Å². The first kappa shape index (κ1) is 13.9. The molecular weight excluding hydrogens is 300 g/mol. The quantitative estimate of drug-likeness (QED) is 0.887. The van der Waals surface area contributed by atoms with Gasteiger partial charge in [0.1, 0.15) is 23.4 Å². The van der Waals surface area contributed by atoms with Crippen LogP contribution in [0.15, 0.2) is 24.3 Å². The van der Waals surface area contributed by atoms with E-state index < -0.39 is 0 Å². The third kappa shape index (κ3) is 1.87. The van der Waals surface area contributed by atoms with Crippen LogP contribution in [-0.4, -0.2) is 31.0 Å². The van der Waals surface area contributed by atoms with Crippen LogP contribution in [0.1, 0.15) is 23.1 Å². The minimum absolute atomic E-state index is 0.0337. The fourth-order valence-electron chi connectivity index (χ4n) is 3.33. The number of phenolic OH excluding ortho intramolecular Hbond substituents is 2. The molecule has 0 amide bonds. The van der Waals surface area contributed by atoms with E-state index in [-0.39, 0.29) is 29.3 Å². The lowest BCUT2D eigenvalue weighted by atomic mass is 9.88. The molecule has 0 aliphatic carbocycles. The molecule has 2 aliphatic heterocycles. The number of hydrogen-bond donors (Lipinski definition) is 2. The van der Waals surface area contributed by atoms with Gasteiger partial charge in [0.15, 0.2) is 11.5 Å². The second-order valence-electron chi connectivity index (χ2n) is 5.55. The Balaban J connectivity index is 1.88. The first-order valence-corrected chi connectivity index (χ1v) is 7.24.